The molecule has 4 N–H and O–H groups in total. The Balaban J connectivity index is 2.17. The highest BCUT2D eigenvalue weighted by Crippen LogP contribution is 2.35. The van der Waals surface area contributed by atoms with Gasteiger partial charge in [-0.05, 0) is 22.4 Å². The number of nitrogens with two attached hydrogens (primary N) is 1. The summed E-state index contributed by atoms with van der Waals surface area (Å²) in [6, 6.07) is 21.9. The van der Waals surface area contributed by atoms with Crippen molar-refractivity contribution in [2.24, 2.45) is 5.73 Å². The lowest BCUT2D eigenvalue weighted by atomic mass is 9.92. The fraction of sp³-hybridized carbons (Fsp3) is 0.158. The zero-order chi connectivity index (χ0) is 15.4. The molecule has 3 nitrogen and oxygen atoms in total. The van der Waals surface area contributed by atoms with E-state index < -0.39 is 0 Å². The van der Waals surface area contributed by atoms with Crippen molar-refractivity contribution in [3.8, 4) is 5.75 Å². The molecule has 3 aromatic carbocycles. The second-order valence-electron chi connectivity index (χ2n) is 5.31. The van der Waals surface area contributed by atoms with Gasteiger partial charge in [-0.25, -0.2) is 0 Å². The van der Waals surface area contributed by atoms with Crippen molar-refractivity contribution in [1.82, 2.24) is 5.32 Å². The van der Waals surface area contributed by atoms with Gasteiger partial charge >= 0.3 is 0 Å². The van der Waals surface area contributed by atoms with Crippen molar-refractivity contribution in [3.63, 3.8) is 0 Å². The molecule has 1 unspecified atom stereocenters. The van der Waals surface area contributed by atoms with E-state index in [4.69, 9.17) is 5.73 Å². The number of phenolic OH excluding ortho intramolecular Hbond substituents is 1. The van der Waals surface area contributed by atoms with Gasteiger partial charge in [0.15, 0.2) is 0 Å². The van der Waals surface area contributed by atoms with Crippen LogP contribution in [0.1, 0.15) is 17.2 Å². The Morgan fingerprint density at radius 3 is 2.41 bits per heavy atom. The molecule has 1 atom stereocenters. The molecule has 0 aromatic heterocycles. The van der Waals surface area contributed by atoms with E-state index in [-0.39, 0.29) is 6.04 Å². The maximum Gasteiger partial charge on any atom is 0.121 e. The number of benzene rings is 3. The van der Waals surface area contributed by atoms with Crippen molar-refractivity contribution in [3.05, 3.63) is 77.9 Å². The lowest BCUT2D eigenvalue weighted by molar-refractivity contribution is 0.459. The van der Waals surface area contributed by atoms with Crippen LogP contribution in [0.4, 0.5) is 0 Å². The van der Waals surface area contributed by atoms with Gasteiger partial charge in [-0.1, -0.05) is 60.7 Å². The van der Waals surface area contributed by atoms with E-state index in [1.807, 2.05) is 42.5 Å². The smallest absolute Gasteiger partial charge is 0.121 e. The predicted molar refractivity (Wildman–Crippen MR) is 91.0 cm³/mol. The Hall–Kier alpha value is -2.36. The second kappa shape index (κ2) is 6.60. The van der Waals surface area contributed by atoms with Gasteiger partial charge in [0.1, 0.15) is 5.75 Å². The highest BCUT2D eigenvalue weighted by atomic mass is 16.3. The van der Waals surface area contributed by atoms with E-state index in [1.54, 1.807) is 6.07 Å². The molecule has 0 bridgehead atoms. The first-order chi connectivity index (χ1) is 10.8. The Morgan fingerprint density at radius 2 is 1.64 bits per heavy atom. The standard InChI is InChI=1S/C19H20N2O/c20-12-13-21-19(15-7-2-1-3-8-15)18-16-9-5-4-6-14(16)10-11-17(18)22/h1-11,19,21-22H,12-13,20H2. The highest BCUT2D eigenvalue weighted by molar-refractivity contribution is 5.88. The zero-order valence-electron chi connectivity index (χ0n) is 12.4. The number of fused-ring (bicyclic) bond motifs is 1. The molecule has 0 saturated carbocycles. The van der Waals surface area contributed by atoms with E-state index in [0.29, 0.717) is 18.8 Å². The molecule has 3 aromatic rings. The van der Waals surface area contributed by atoms with Crippen LogP contribution in [0.5, 0.6) is 5.75 Å². The first kappa shape index (κ1) is 14.6. The van der Waals surface area contributed by atoms with Gasteiger partial charge < -0.3 is 16.2 Å². The lowest BCUT2D eigenvalue weighted by Gasteiger charge is -2.22. The Kier molecular flexibility index (Phi) is 4.37. The molecule has 0 fully saturated rings. The molecule has 3 rings (SSSR count). The fourth-order valence-corrected chi connectivity index (χ4v) is 2.85. The van der Waals surface area contributed by atoms with Crippen LogP contribution >= 0.6 is 0 Å². The Morgan fingerprint density at radius 1 is 0.909 bits per heavy atom. The molecule has 3 heteroatoms. The van der Waals surface area contributed by atoms with Gasteiger partial charge in [-0.3, -0.25) is 0 Å². The summed E-state index contributed by atoms with van der Waals surface area (Å²) in [5, 5.41) is 16.1. The van der Waals surface area contributed by atoms with Crippen LogP contribution in [0.2, 0.25) is 0 Å². The molecule has 0 amide bonds. The summed E-state index contributed by atoms with van der Waals surface area (Å²) in [6.07, 6.45) is 0. The monoisotopic (exact) mass is 292 g/mol. The van der Waals surface area contributed by atoms with Crippen LogP contribution in [0, 0.1) is 0 Å². The van der Waals surface area contributed by atoms with Crippen molar-refractivity contribution in [1.29, 1.82) is 0 Å². The van der Waals surface area contributed by atoms with Crippen LogP contribution in [0.25, 0.3) is 10.8 Å². The van der Waals surface area contributed by atoms with E-state index in [0.717, 1.165) is 21.9 Å². The van der Waals surface area contributed by atoms with Gasteiger partial charge in [0, 0.05) is 18.7 Å². The van der Waals surface area contributed by atoms with E-state index in [1.165, 1.54) is 0 Å². The maximum absolute atomic E-state index is 10.5. The third-order valence-electron chi connectivity index (χ3n) is 3.86. The number of nitrogens with one attached hydrogen (secondary N) is 1. The molecular weight excluding hydrogens is 272 g/mol. The number of hydrogen-bond donors (Lipinski definition) is 3. The molecule has 0 aliphatic heterocycles. The van der Waals surface area contributed by atoms with Crippen LogP contribution in [0.15, 0.2) is 66.7 Å². The summed E-state index contributed by atoms with van der Waals surface area (Å²) < 4.78 is 0. The summed E-state index contributed by atoms with van der Waals surface area (Å²) in [6.45, 7) is 1.23. The van der Waals surface area contributed by atoms with Gasteiger partial charge in [-0.2, -0.15) is 0 Å². The number of rotatable bonds is 5. The Labute approximate surface area is 130 Å². The van der Waals surface area contributed by atoms with Gasteiger partial charge in [0.05, 0.1) is 6.04 Å². The lowest BCUT2D eigenvalue weighted by Crippen LogP contribution is -2.28. The third kappa shape index (κ3) is 2.82. The van der Waals surface area contributed by atoms with Gasteiger partial charge in [0.2, 0.25) is 0 Å². The summed E-state index contributed by atoms with van der Waals surface area (Å²) in [4.78, 5) is 0. The molecule has 0 spiro atoms. The molecule has 0 saturated heterocycles. The first-order valence-corrected chi connectivity index (χ1v) is 7.50. The van der Waals surface area contributed by atoms with E-state index in [9.17, 15) is 5.11 Å². The fourth-order valence-electron chi connectivity index (χ4n) is 2.85. The van der Waals surface area contributed by atoms with E-state index >= 15 is 0 Å². The van der Waals surface area contributed by atoms with Crippen molar-refractivity contribution < 1.29 is 5.11 Å². The van der Waals surface area contributed by atoms with Crippen LogP contribution in [-0.2, 0) is 0 Å². The van der Waals surface area contributed by atoms with Gasteiger partial charge in [0.25, 0.3) is 0 Å². The quantitative estimate of drug-likeness (QED) is 0.677. The first-order valence-electron chi connectivity index (χ1n) is 7.50. The molecule has 112 valence electrons. The van der Waals surface area contributed by atoms with Crippen molar-refractivity contribution in [2.45, 2.75) is 6.04 Å². The minimum atomic E-state index is -0.0872. The summed E-state index contributed by atoms with van der Waals surface area (Å²) in [7, 11) is 0. The molecular formula is C19H20N2O. The molecule has 0 heterocycles. The third-order valence-corrected chi connectivity index (χ3v) is 3.86. The molecule has 22 heavy (non-hydrogen) atoms. The molecule has 0 aliphatic carbocycles. The average Bonchev–Trinajstić information content (AvgIpc) is 2.58. The van der Waals surface area contributed by atoms with Crippen LogP contribution < -0.4 is 11.1 Å². The number of hydrogen-bond acceptors (Lipinski definition) is 3. The summed E-state index contributed by atoms with van der Waals surface area (Å²) in [5.74, 6) is 0.303. The van der Waals surface area contributed by atoms with Crippen LogP contribution in [-0.4, -0.2) is 18.2 Å². The second-order valence-corrected chi connectivity index (χ2v) is 5.31. The topological polar surface area (TPSA) is 58.3 Å². The van der Waals surface area contributed by atoms with Gasteiger partial charge in [-0.15, -0.1) is 0 Å². The molecule has 0 aliphatic rings. The van der Waals surface area contributed by atoms with Crippen LogP contribution in [0.3, 0.4) is 0 Å². The number of aromatic hydroxyl groups is 1. The molecule has 0 radical (unpaired) electrons. The largest absolute Gasteiger partial charge is 0.508 e. The van der Waals surface area contributed by atoms with Crippen molar-refractivity contribution >= 4 is 10.8 Å². The zero-order valence-corrected chi connectivity index (χ0v) is 12.4. The number of phenols is 1. The van der Waals surface area contributed by atoms with Crippen molar-refractivity contribution in [2.75, 3.05) is 13.1 Å². The highest BCUT2D eigenvalue weighted by Gasteiger charge is 2.19. The minimum absolute atomic E-state index is 0.0872. The maximum atomic E-state index is 10.5. The summed E-state index contributed by atoms with van der Waals surface area (Å²) in [5.41, 5.74) is 7.67. The Bertz CT molecular complexity index is 756. The average molecular weight is 292 g/mol. The summed E-state index contributed by atoms with van der Waals surface area (Å²) >= 11 is 0. The normalized spacial score (nSPS) is 12.4. The predicted octanol–water partition coefficient (Wildman–Crippen LogP) is 3.18. The SMILES string of the molecule is NCCNC(c1ccccc1)c1c(O)ccc2ccccc12. The minimum Gasteiger partial charge on any atom is -0.508 e. The van der Waals surface area contributed by atoms with E-state index in [2.05, 4.69) is 23.5 Å².